The summed E-state index contributed by atoms with van der Waals surface area (Å²) in [6, 6.07) is 12.8. The lowest BCUT2D eigenvalue weighted by Gasteiger charge is -2.35. The second-order valence-corrected chi connectivity index (χ2v) is 6.44. The monoisotopic (exact) mass is 368 g/mol. The molecule has 2 aromatic heterocycles. The van der Waals surface area contributed by atoms with Gasteiger partial charge in [-0.25, -0.2) is 9.97 Å². The minimum atomic E-state index is -0.0702. The first-order valence-corrected chi connectivity index (χ1v) is 8.75. The predicted octanol–water partition coefficient (Wildman–Crippen LogP) is 3.35. The third-order valence-corrected chi connectivity index (χ3v) is 4.62. The van der Waals surface area contributed by atoms with Crippen molar-refractivity contribution in [2.75, 3.05) is 31.1 Å². The Morgan fingerprint density at radius 1 is 1.04 bits per heavy atom. The summed E-state index contributed by atoms with van der Waals surface area (Å²) in [4.78, 5) is 25.3. The first-order chi connectivity index (χ1) is 12.7. The standard InChI is InChI=1S/C19H17ClN4O2/c20-15-5-3-14(4-6-15)18-21-8-7-17(22-18)23-9-11-24(12-10-23)19(25)16-2-1-13-26-16/h1-8,13H,9-12H2. The molecule has 6 nitrogen and oxygen atoms in total. The zero-order valence-electron chi connectivity index (χ0n) is 14.0. The molecule has 1 aliphatic rings. The Morgan fingerprint density at radius 2 is 1.81 bits per heavy atom. The van der Waals surface area contributed by atoms with Crippen LogP contribution in [-0.4, -0.2) is 47.0 Å². The summed E-state index contributed by atoms with van der Waals surface area (Å²) < 4.78 is 5.20. The number of nitrogens with zero attached hydrogens (tertiary/aromatic N) is 4. The van der Waals surface area contributed by atoms with Gasteiger partial charge >= 0.3 is 0 Å². The first kappa shape index (κ1) is 16.6. The molecule has 1 fully saturated rings. The second kappa shape index (κ2) is 7.17. The van der Waals surface area contributed by atoms with Crippen LogP contribution in [0.2, 0.25) is 5.02 Å². The molecule has 7 heteroatoms. The molecule has 0 saturated carbocycles. The zero-order valence-corrected chi connectivity index (χ0v) is 14.8. The van der Waals surface area contributed by atoms with Crippen molar-refractivity contribution in [1.29, 1.82) is 0 Å². The molecule has 0 unspecified atom stereocenters. The fourth-order valence-corrected chi connectivity index (χ4v) is 3.08. The number of hydrogen-bond acceptors (Lipinski definition) is 5. The summed E-state index contributed by atoms with van der Waals surface area (Å²) in [5.41, 5.74) is 0.919. The van der Waals surface area contributed by atoms with Gasteiger partial charge in [0.2, 0.25) is 0 Å². The molecule has 132 valence electrons. The molecule has 3 heterocycles. The normalized spacial score (nSPS) is 14.5. The number of aromatic nitrogens is 2. The topological polar surface area (TPSA) is 62.5 Å². The van der Waals surface area contributed by atoms with Crippen molar-refractivity contribution in [3.8, 4) is 11.4 Å². The van der Waals surface area contributed by atoms with Gasteiger partial charge in [-0.2, -0.15) is 0 Å². The van der Waals surface area contributed by atoms with Gasteiger partial charge in [0.1, 0.15) is 5.82 Å². The molecule has 1 amide bonds. The van der Waals surface area contributed by atoms with Crippen LogP contribution in [0.3, 0.4) is 0 Å². The molecule has 1 aliphatic heterocycles. The Balaban J connectivity index is 1.45. The molecule has 0 radical (unpaired) electrons. The van der Waals surface area contributed by atoms with Crippen LogP contribution in [0.4, 0.5) is 5.82 Å². The number of carbonyl (C=O) groups is 1. The van der Waals surface area contributed by atoms with Crippen molar-refractivity contribution in [3.63, 3.8) is 0 Å². The molecule has 26 heavy (non-hydrogen) atoms. The van der Waals surface area contributed by atoms with Crippen LogP contribution in [0.5, 0.6) is 0 Å². The third kappa shape index (κ3) is 3.41. The lowest BCUT2D eigenvalue weighted by molar-refractivity contribution is 0.0714. The Hall–Kier alpha value is -2.86. The lowest BCUT2D eigenvalue weighted by Crippen LogP contribution is -2.49. The molecule has 0 N–H and O–H groups in total. The lowest BCUT2D eigenvalue weighted by atomic mass is 10.2. The smallest absolute Gasteiger partial charge is 0.289 e. The molecule has 0 aliphatic carbocycles. The molecular formula is C19H17ClN4O2. The van der Waals surface area contributed by atoms with E-state index in [1.54, 1.807) is 23.2 Å². The maximum absolute atomic E-state index is 12.3. The van der Waals surface area contributed by atoms with Crippen LogP contribution in [0.15, 0.2) is 59.3 Å². The van der Waals surface area contributed by atoms with Gasteiger partial charge in [0, 0.05) is 43.0 Å². The molecule has 3 aromatic rings. The molecule has 0 spiro atoms. The van der Waals surface area contributed by atoms with Crippen molar-refractivity contribution in [3.05, 3.63) is 65.7 Å². The fourth-order valence-electron chi connectivity index (χ4n) is 2.96. The number of hydrogen-bond donors (Lipinski definition) is 0. The number of anilines is 1. The quantitative estimate of drug-likeness (QED) is 0.709. The van der Waals surface area contributed by atoms with Crippen LogP contribution < -0.4 is 4.90 Å². The number of halogens is 1. The highest BCUT2D eigenvalue weighted by molar-refractivity contribution is 6.30. The summed E-state index contributed by atoms with van der Waals surface area (Å²) in [5, 5.41) is 0.683. The van der Waals surface area contributed by atoms with Crippen LogP contribution in [0.1, 0.15) is 10.6 Å². The summed E-state index contributed by atoms with van der Waals surface area (Å²) in [5.74, 6) is 1.83. The number of benzene rings is 1. The van der Waals surface area contributed by atoms with E-state index >= 15 is 0 Å². The van der Waals surface area contributed by atoms with Crippen LogP contribution in [0.25, 0.3) is 11.4 Å². The Bertz CT molecular complexity index is 888. The van der Waals surface area contributed by atoms with E-state index in [2.05, 4.69) is 14.9 Å². The van der Waals surface area contributed by atoms with Crippen molar-refractivity contribution in [1.82, 2.24) is 14.9 Å². The highest BCUT2D eigenvalue weighted by Crippen LogP contribution is 2.21. The molecule has 4 rings (SSSR count). The predicted molar refractivity (Wildman–Crippen MR) is 99.3 cm³/mol. The largest absolute Gasteiger partial charge is 0.459 e. The molecule has 0 atom stereocenters. The number of amides is 1. The Kier molecular flexibility index (Phi) is 4.58. The van der Waals surface area contributed by atoms with Crippen LogP contribution in [-0.2, 0) is 0 Å². The molecule has 1 saturated heterocycles. The van der Waals surface area contributed by atoms with Gasteiger partial charge in [-0.3, -0.25) is 4.79 Å². The van der Waals surface area contributed by atoms with Gasteiger partial charge in [0.15, 0.2) is 11.6 Å². The van der Waals surface area contributed by atoms with E-state index in [0.29, 0.717) is 42.8 Å². The first-order valence-electron chi connectivity index (χ1n) is 8.37. The summed E-state index contributed by atoms with van der Waals surface area (Å²) >= 11 is 5.94. The molecular weight excluding hydrogens is 352 g/mol. The maximum atomic E-state index is 12.3. The van der Waals surface area contributed by atoms with Crippen molar-refractivity contribution in [2.24, 2.45) is 0 Å². The van der Waals surface area contributed by atoms with Crippen LogP contribution >= 0.6 is 11.6 Å². The average Bonchev–Trinajstić information content (AvgIpc) is 3.23. The van der Waals surface area contributed by atoms with E-state index < -0.39 is 0 Å². The summed E-state index contributed by atoms with van der Waals surface area (Å²) in [7, 11) is 0. The van der Waals surface area contributed by atoms with Gasteiger partial charge in [-0.05, 0) is 42.5 Å². The molecule has 1 aromatic carbocycles. The maximum Gasteiger partial charge on any atom is 0.289 e. The summed E-state index contributed by atoms with van der Waals surface area (Å²) in [6.45, 7) is 2.67. The van der Waals surface area contributed by atoms with Crippen molar-refractivity contribution in [2.45, 2.75) is 0 Å². The average molecular weight is 369 g/mol. The van der Waals surface area contributed by atoms with Crippen molar-refractivity contribution >= 4 is 23.3 Å². The second-order valence-electron chi connectivity index (χ2n) is 6.00. The van der Waals surface area contributed by atoms with E-state index in [0.717, 1.165) is 11.4 Å². The van der Waals surface area contributed by atoms with E-state index in [-0.39, 0.29) is 5.91 Å². The van der Waals surface area contributed by atoms with Gasteiger partial charge < -0.3 is 14.2 Å². The van der Waals surface area contributed by atoms with E-state index in [9.17, 15) is 4.79 Å². The SMILES string of the molecule is O=C(c1ccco1)N1CCN(c2ccnc(-c3ccc(Cl)cc3)n2)CC1. The number of carbonyl (C=O) groups excluding carboxylic acids is 1. The van der Waals surface area contributed by atoms with Gasteiger partial charge in [-0.15, -0.1) is 0 Å². The zero-order chi connectivity index (χ0) is 17.9. The van der Waals surface area contributed by atoms with Gasteiger partial charge in [0.05, 0.1) is 6.26 Å². The minimum absolute atomic E-state index is 0.0702. The highest BCUT2D eigenvalue weighted by atomic mass is 35.5. The fraction of sp³-hybridized carbons (Fsp3) is 0.211. The molecule has 0 bridgehead atoms. The number of furan rings is 1. The number of rotatable bonds is 3. The van der Waals surface area contributed by atoms with Crippen LogP contribution in [0, 0.1) is 0 Å². The Morgan fingerprint density at radius 3 is 2.50 bits per heavy atom. The van der Waals surface area contributed by atoms with Crippen molar-refractivity contribution < 1.29 is 9.21 Å². The highest BCUT2D eigenvalue weighted by Gasteiger charge is 2.24. The van der Waals surface area contributed by atoms with Gasteiger partial charge in [0.25, 0.3) is 5.91 Å². The van der Waals surface area contributed by atoms with E-state index in [1.165, 1.54) is 6.26 Å². The van der Waals surface area contributed by atoms with Gasteiger partial charge in [-0.1, -0.05) is 11.6 Å². The van der Waals surface area contributed by atoms with E-state index in [1.807, 2.05) is 30.3 Å². The minimum Gasteiger partial charge on any atom is -0.459 e. The third-order valence-electron chi connectivity index (χ3n) is 4.37. The van der Waals surface area contributed by atoms with E-state index in [4.69, 9.17) is 16.0 Å². The summed E-state index contributed by atoms with van der Waals surface area (Å²) in [6.07, 6.45) is 3.27. The number of piperazine rings is 1. The Labute approximate surface area is 156 Å².